The molecule has 0 heterocycles. The predicted octanol–water partition coefficient (Wildman–Crippen LogP) is -1.12. The van der Waals surface area contributed by atoms with Crippen LogP contribution in [-0.4, -0.2) is 39.5 Å². The number of carbonyl (C=O) groups is 3. The summed E-state index contributed by atoms with van der Waals surface area (Å²) in [6.45, 7) is 0. The largest absolute Gasteiger partial charge is 0.508 e. The van der Waals surface area contributed by atoms with Crippen molar-refractivity contribution in [2.45, 2.75) is 30.8 Å². The van der Waals surface area contributed by atoms with Crippen LogP contribution in [0, 0.1) is 0 Å². The van der Waals surface area contributed by atoms with Gasteiger partial charge in [-0.1, -0.05) is 12.1 Å². The van der Waals surface area contributed by atoms with Gasteiger partial charge >= 0.3 is 5.97 Å². The van der Waals surface area contributed by atoms with Crippen molar-refractivity contribution in [2.75, 3.05) is 0 Å². The standard InChI is InChI=1S/C14H19N3O5/c15-10(7-8-1-3-9(18)4-2-8)12(20)14(17,13(21)22)6-5-11(16)19/h1-4,10,18H,5-7,15,17H2,(H2,16,19)(H,21,22)/t10-,14+/m0/s1. The van der Waals surface area contributed by atoms with Crippen molar-refractivity contribution in [1.29, 1.82) is 0 Å². The van der Waals surface area contributed by atoms with Crippen LogP contribution in [0.15, 0.2) is 24.3 Å². The lowest BCUT2D eigenvalue weighted by Crippen LogP contribution is -2.60. The van der Waals surface area contributed by atoms with Gasteiger partial charge in [-0.2, -0.15) is 0 Å². The van der Waals surface area contributed by atoms with Crippen LogP contribution in [0.25, 0.3) is 0 Å². The molecule has 0 saturated heterocycles. The number of nitrogens with two attached hydrogens (primary N) is 3. The molecule has 0 fully saturated rings. The number of primary amides is 1. The Morgan fingerprint density at radius 1 is 1.18 bits per heavy atom. The molecule has 1 aromatic carbocycles. The van der Waals surface area contributed by atoms with Crippen molar-refractivity contribution in [2.24, 2.45) is 17.2 Å². The minimum absolute atomic E-state index is 0.0575. The number of aliphatic carboxylic acids is 1. The Morgan fingerprint density at radius 3 is 2.18 bits per heavy atom. The number of carboxylic acid groups (broad SMARTS) is 1. The number of Topliss-reactive ketones (excluding diaryl/α,β-unsaturated/α-hetero) is 1. The number of rotatable bonds is 8. The third kappa shape index (κ3) is 4.27. The van der Waals surface area contributed by atoms with Crippen LogP contribution in [0.4, 0.5) is 0 Å². The van der Waals surface area contributed by atoms with Gasteiger partial charge in [0.05, 0.1) is 6.04 Å². The fourth-order valence-electron chi connectivity index (χ4n) is 1.97. The number of phenolic OH excluding ortho intramolecular Hbond substituents is 1. The molecule has 0 spiro atoms. The van der Waals surface area contributed by atoms with Crippen LogP contribution >= 0.6 is 0 Å². The number of carbonyl (C=O) groups excluding carboxylic acids is 2. The summed E-state index contributed by atoms with van der Waals surface area (Å²) in [5, 5.41) is 18.4. The lowest BCUT2D eigenvalue weighted by atomic mass is 9.84. The van der Waals surface area contributed by atoms with Gasteiger partial charge in [-0.15, -0.1) is 0 Å². The summed E-state index contributed by atoms with van der Waals surface area (Å²) >= 11 is 0. The van der Waals surface area contributed by atoms with Gasteiger partial charge in [0.15, 0.2) is 11.3 Å². The van der Waals surface area contributed by atoms with Gasteiger partial charge in [-0.05, 0) is 30.5 Å². The van der Waals surface area contributed by atoms with Crippen molar-refractivity contribution >= 4 is 17.7 Å². The van der Waals surface area contributed by atoms with E-state index in [1.807, 2.05) is 0 Å². The molecule has 22 heavy (non-hydrogen) atoms. The molecule has 0 bridgehead atoms. The highest BCUT2D eigenvalue weighted by atomic mass is 16.4. The van der Waals surface area contributed by atoms with Crippen molar-refractivity contribution < 1.29 is 24.6 Å². The summed E-state index contributed by atoms with van der Waals surface area (Å²) in [6.07, 6.45) is -0.692. The Hall–Kier alpha value is -2.45. The molecular formula is C14H19N3O5. The number of ketones is 1. The summed E-state index contributed by atoms with van der Waals surface area (Å²) in [5.41, 5.74) is 14.7. The molecule has 0 aliphatic carbocycles. The fraction of sp³-hybridized carbons (Fsp3) is 0.357. The second-order valence-corrected chi connectivity index (χ2v) is 5.08. The molecule has 0 radical (unpaired) electrons. The molecule has 8 heteroatoms. The molecule has 0 saturated carbocycles. The third-order valence-electron chi connectivity index (χ3n) is 3.32. The van der Waals surface area contributed by atoms with E-state index in [9.17, 15) is 24.6 Å². The van der Waals surface area contributed by atoms with Crippen molar-refractivity contribution in [3.05, 3.63) is 29.8 Å². The van der Waals surface area contributed by atoms with E-state index >= 15 is 0 Å². The summed E-state index contributed by atoms with van der Waals surface area (Å²) in [5.74, 6) is -3.13. The molecule has 1 rings (SSSR count). The van der Waals surface area contributed by atoms with E-state index in [-0.39, 0.29) is 18.6 Å². The Balaban J connectivity index is 2.86. The normalized spacial score (nSPS) is 14.8. The van der Waals surface area contributed by atoms with Gasteiger partial charge in [-0.25, -0.2) is 4.79 Å². The number of aromatic hydroxyl groups is 1. The first-order valence-electron chi connectivity index (χ1n) is 6.55. The topological polar surface area (TPSA) is 170 Å². The van der Waals surface area contributed by atoms with Gasteiger partial charge in [0.25, 0.3) is 0 Å². The number of amides is 1. The quantitative estimate of drug-likeness (QED) is 0.378. The highest BCUT2D eigenvalue weighted by Gasteiger charge is 2.44. The minimum Gasteiger partial charge on any atom is -0.508 e. The second kappa shape index (κ2) is 7.01. The molecule has 0 unspecified atom stereocenters. The SMILES string of the molecule is NC(=O)CC[C@](N)(C(=O)O)C(=O)[C@@H](N)Cc1ccc(O)cc1. The fourth-order valence-corrected chi connectivity index (χ4v) is 1.97. The van der Waals surface area contributed by atoms with Crippen LogP contribution < -0.4 is 17.2 Å². The molecule has 0 aromatic heterocycles. The number of phenols is 1. The first-order chi connectivity index (χ1) is 10.2. The molecule has 8 nitrogen and oxygen atoms in total. The Bertz CT molecular complexity index is 572. The Kier molecular flexibility index (Phi) is 5.61. The van der Waals surface area contributed by atoms with E-state index in [1.165, 1.54) is 12.1 Å². The van der Waals surface area contributed by atoms with E-state index in [0.29, 0.717) is 5.56 Å². The van der Waals surface area contributed by atoms with Crippen molar-refractivity contribution in [3.63, 3.8) is 0 Å². The Morgan fingerprint density at radius 2 is 1.73 bits per heavy atom. The van der Waals surface area contributed by atoms with E-state index < -0.39 is 35.7 Å². The van der Waals surface area contributed by atoms with Gasteiger partial charge in [0.1, 0.15) is 5.75 Å². The predicted molar refractivity (Wildman–Crippen MR) is 77.8 cm³/mol. The lowest BCUT2D eigenvalue weighted by molar-refractivity contribution is -0.149. The molecule has 2 atom stereocenters. The van der Waals surface area contributed by atoms with Crippen LogP contribution in [0.3, 0.4) is 0 Å². The van der Waals surface area contributed by atoms with E-state index in [4.69, 9.17) is 17.2 Å². The highest BCUT2D eigenvalue weighted by Crippen LogP contribution is 2.17. The summed E-state index contributed by atoms with van der Waals surface area (Å²) < 4.78 is 0. The summed E-state index contributed by atoms with van der Waals surface area (Å²) in [7, 11) is 0. The monoisotopic (exact) mass is 309 g/mol. The van der Waals surface area contributed by atoms with Gasteiger partial charge < -0.3 is 27.4 Å². The van der Waals surface area contributed by atoms with Crippen LogP contribution in [0.2, 0.25) is 0 Å². The number of hydrogen-bond acceptors (Lipinski definition) is 6. The Labute approximate surface area is 126 Å². The molecule has 0 aliphatic rings. The van der Waals surface area contributed by atoms with Crippen LogP contribution in [0.5, 0.6) is 5.75 Å². The van der Waals surface area contributed by atoms with Gasteiger partial charge in [-0.3, -0.25) is 9.59 Å². The smallest absolute Gasteiger partial charge is 0.331 e. The molecule has 120 valence electrons. The van der Waals surface area contributed by atoms with E-state index in [1.54, 1.807) is 12.1 Å². The van der Waals surface area contributed by atoms with Crippen molar-refractivity contribution in [1.82, 2.24) is 0 Å². The van der Waals surface area contributed by atoms with Crippen LogP contribution in [-0.2, 0) is 20.8 Å². The lowest BCUT2D eigenvalue weighted by Gasteiger charge is -2.26. The average molecular weight is 309 g/mol. The highest BCUT2D eigenvalue weighted by molar-refractivity contribution is 6.10. The zero-order chi connectivity index (χ0) is 16.9. The molecule has 8 N–H and O–H groups in total. The number of hydrogen-bond donors (Lipinski definition) is 5. The number of benzene rings is 1. The summed E-state index contributed by atoms with van der Waals surface area (Å²) in [4.78, 5) is 34.3. The summed E-state index contributed by atoms with van der Waals surface area (Å²) in [6, 6.07) is 4.81. The minimum atomic E-state index is -2.26. The maximum atomic E-state index is 12.3. The molecule has 1 amide bonds. The zero-order valence-corrected chi connectivity index (χ0v) is 11.9. The second-order valence-electron chi connectivity index (χ2n) is 5.08. The molecule has 0 aliphatic heterocycles. The maximum Gasteiger partial charge on any atom is 0.331 e. The van der Waals surface area contributed by atoms with E-state index in [2.05, 4.69) is 0 Å². The molecule has 1 aromatic rings. The van der Waals surface area contributed by atoms with Crippen molar-refractivity contribution in [3.8, 4) is 5.75 Å². The average Bonchev–Trinajstić information content (AvgIpc) is 2.46. The third-order valence-corrected chi connectivity index (χ3v) is 3.32. The maximum absolute atomic E-state index is 12.3. The number of carboxylic acids is 1. The first-order valence-corrected chi connectivity index (χ1v) is 6.55. The zero-order valence-electron chi connectivity index (χ0n) is 11.9. The van der Waals surface area contributed by atoms with Gasteiger partial charge in [0.2, 0.25) is 5.91 Å². The van der Waals surface area contributed by atoms with E-state index in [0.717, 1.165) is 0 Å². The van der Waals surface area contributed by atoms with Gasteiger partial charge in [0, 0.05) is 6.42 Å². The van der Waals surface area contributed by atoms with Crippen LogP contribution in [0.1, 0.15) is 18.4 Å². The first kappa shape index (κ1) is 17.6. The molecular weight excluding hydrogens is 290 g/mol.